The fraction of sp³-hybridized carbons (Fsp3) is 0.192. The van der Waals surface area contributed by atoms with Crippen LogP contribution in [0, 0.1) is 13.8 Å². The Morgan fingerprint density at radius 1 is 0.857 bits per heavy atom. The van der Waals surface area contributed by atoms with Crippen molar-refractivity contribution in [1.29, 1.82) is 0 Å². The van der Waals surface area contributed by atoms with Crippen molar-refractivity contribution in [3.8, 4) is 0 Å². The number of sulfonamides is 1. The van der Waals surface area contributed by atoms with Crippen LogP contribution < -0.4 is 5.56 Å². The highest BCUT2D eigenvalue weighted by Crippen LogP contribution is 2.35. The fourth-order valence-corrected chi connectivity index (χ4v) is 5.53. The average molecular weight is 501 g/mol. The summed E-state index contributed by atoms with van der Waals surface area (Å²) in [4.78, 5) is 14.8. The number of H-pyrrole nitrogens is 1. The van der Waals surface area contributed by atoms with E-state index in [0.29, 0.717) is 16.5 Å². The minimum Gasteiger partial charge on any atom is -0.322 e. The first-order valence-electron chi connectivity index (χ1n) is 10.8. The van der Waals surface area contributed by atoms with E-state index >= 15 is 0 Å². The van der Waals surface area contributed by atoms with Gasteiger partial charge in [0.2, 0.25) is 10.0 Å². The van der Waals surface area contributed by atoms with Crippen LogP contribution in [0.25, 0.3) is 10.9 Å². The molecule has 0 aliphatic carbocycles. The van der Waals surface area contributed by atoms with Crippen LogP contribution in [0.15, 0.2) is 82.5 Å². The molecule has 4 aromatic rings. The van der Waals surface area contributed by atoms with Crippen molar-refractivity contribution in [2.45, 2.75) is 38.0 Å². The third kappa shape index (κ3) is 5.16. The molecule has 1 aromatic heterocycles. The number of hydrogen-bond donors (Lipinski definition) is 1. The molecule has 9 heteroatoms. The second-order valence-electron chi connectivity index (χ2n) is 8.40. The van der Waals surface area contributed by atoms with Gasteiger partial charge in [-0.05, 0) is 66.3 Å². The lowest BCUT2D eigenvalue weighted by molar-refractivity contribution is -0.139. The molecule has 4 rings (SSSR count). The Kier molecular flexibility index (Phi) is 6.57. The van der Waals surface area contributed by atoms with Gasteiger partial charge in [-0.2, -0.15) is 17.5 Å². The molecule has 0 aliphatic rings. The van der Waals surface area contributed by atoms with Crippen LogP contribution >= 0.6 is 0 Å². The Balaban J connectivity index is 1.84. The third-order valence-electron chi connectivity index (χ3n) is 5.89. The molecule has 0 atom stereocenters. The van der Waals surface area contributed by atoms with Crippen LogP contribution in [0.2, 0.25) is 0 Å². The highest BCUT2D eigenvalue weighted by Gasteiger charge is 2.39. The lowest BCUT2D eigenvalue weighted by Gasteiger charge is -2.24. The first-order chi connectivity index (χ1) is 16.5. The number of nitrogens with zero attached hydrogens (tertiary/aromatic N) is 1. The quantitative estimate of drug-likeness (QED) is 0.377. The van der Waals surface area contributed by atoms with Crippen molar-refractivity contribution in [3.63, 3.8) is 0 Å². The number of rotatable bonds is 6. The first-order valence-corrected chi connectivity index (χ1v) is 12.2. The molecule has 0 saturated carbocycles. The SMILES string of the molecule is Cc1cc2cc(CN(Cc3ccccc3)S(=O)(=O)c3ccccc3C(F)(F)F)c(=O)[nH]c2cc1C. The number of nitrogens with one attached hydrogen (secondary N) is 1. The van der Waals surface area contributed by atoms with E-state index in [2.05, 4.69) is 4.98 Å². The highest BCUT2D eigenvalue weighted by molar-refractivity contribution is 7.89. The standard InChI is InChI=1S/C26H23F3N2O3S/c1-17-12-20-14-21(25(32)30-23(20)13-18(17)2)16-31(15-19-8-4-3-5-9-19)35(33,34)24-11-7-6-10-22(24)26(27,28)29/h3-14H,15-16H2,1-2H3,(H,30,32). The monoisotopic (exact) mass is 500 g/mol. The number of benzene rings is 3. The van der Waals surface area contributed by atoms with E-state index in [0.717, 1.165) is 33.6 Å². The zero-order valence-corrected chi connectivity index (χ0v) is 19.9. The van der Waals surface area contributed by atoms with Gasteiger partial charge in [0.05, 0.1) is 10.5 Å². The number of hydrogen-bond acceptors (Lipinski definition) is 3. The van der Waals surface area contributed by atoms with E-state index in [4.69, 9.17) is 0 Å². The third-order valence-corrected chi connectivity index (χ3v) is 7.74. The molecule has 1 N–H and O–H groups in total. The highest BCUT2D eigenvalue weighted by atomic mass is 32.2. The molecule has 0 amide bonds. The zero-order chi connectivity index (χ0) is 25.4. The molecule has 3 aromatic carbocycles. The molecule has 0 radical (unpaired) electrons. The number of aromatic nitrogens is 1. The molecule has 5 nitrogen and oxygen atoms in total. The Hall–Kier alpha value is -3.43. The van der Waals surface area contributed by atoms with Gasteiger partial charge in [0.15, 0.2) is 0 Å². The average Bonchev–Trinajstić information content (AvgIpc) is 2.80. The van der Waals surface area contributed by atoms with Crippen LogP contribution in [0.1, 0.15) is 27.8 Å². The van der Waals surface area contributed by atoms with Gasteiger partial charge >= 0.3 is 6.18 Å². The molecule has 35 heavy (non-hydrogen) atoms. The molecule has 0 aliphatic heterocycles. The molecule has 0 unspecified atom stereocenters. The Morgan fingerprint density at radius 3 is 2.17 bits per heavy atom. The van der Waals surface area contributed by atoms with Crippen LogP contribution in [-0.2, 0) is 29.3 Å². The number of alkyl halides is 3. The maximum atomic E-state index is 13.7. The molecule has 0 spiro atoms. The second-order valence-corrected chi connectivity index (χ2v) is 10.3. The fourth-order valence-electron chi connectivity index (χ4n) is 3.91. The van der Waals surface area contributed by atoms with Crippen molar-refractivity contribution >= 4 is 20.9 Å². The summed E-state index contributed by atoms with van der Waals surface area (Å²) in [6.07, 6.45) is -4.86. The minimum absolute atomic E-state index is 0.129. The lowest BCUT2D eigenvalue weighted by atomic mass is 10.0. The van der Waals surface area contributed by atoms with Crippen LogP contribution in [0.4, 0.5) is 13.2 Å². The van der Waals surface area contributed by atoms with Gasteiger partial charge in [-0.1, -0.05) is 42.5 Å². The van der Waals surface area contributed by atoms with Gasteiger partial charge in [-0.25, -0.2) is 8.42 Å². The van der Waals surface area contributed by atoms with E-state index in [1.165, 1.54) is 6.07 Å². The summed E-state index contributed by atoms with van der Waals surface area (Å²) < 4.78 is 69.1. The maximum absolute atomic E-state index is 13.7. The summed E-state index contributed by atoms with van der Waals surface area (Å²) in [5, 5.41) is 0.704. The predicted molar refractivity (Wildman–Crippen MR) is 128 cm³/mol. The zero-order valence-electron chi connectivity index (χ0n) is 19.1. The number of aryl methyl sites for hydroxylation is 2. The van der Waals surface area contributed by atoms with Crippen molar-refractivity contribution < 1.29 is 21.6 Å². The van der Waals surface area contributed by atoms with Gasteiger partial charge in [0.1, 0.15) is 0 Å². The van der Waals surface area contributed by atoms with E-state index in [1.807, 2.05) is 26.0 Å². The number of aromatic amines is 1. The van der Waals surface area contributed by atoms with Crippen molar-refractivity contribution in [1.82, 2.24) is 9.29 Å². The van der Waals surface area contributed by atoms with Crippen molar-refractivity contribution in [2.75, 3.05) is 0 Å². The predicted octanol–water partition coefficient (Wildman–Crippen LogP) is 5.55. The van der Waals surface area contributed by atoms with E-state index in [1.54, 1.807) is 36.4 Å². The van der Waals surface area contributed by atoms with E-state index in [-0.39, 0.29) is 12.1 Å². The van der Waals surface area contributed by atoms with Crippen LogP contribution in [0.3, 0.4) is 0 Å². The Labute approximate surface area is 200 Å². The van der Waals surface area contributed by atoms with Gasteiger partial charge in [-0.3, -0.25) is 4.79 Å². The van der Waals surface area contributed by atoms with Gasteiger partial charge in [-0.15, -0.1) is 0 Å². The van der Waals surface area contributed by atoms with E-state index < -0.39 is 38.8 Å². The molecule has 1 heterocycles. The molecule has 182 valence electrons. The molecule has 0 saturated heterocycles. The van der Waals surface area contributed by atoms with E-state index in [9.17, 15) is 26.4 Å². The normalized spacial score (nSPS) is 12.4. The Bertz CT molecular complexity index is 1550. The van der Waals surface area contributed by atoms with Crippen LogP contribution in [-0.4, -0.2) is 17.7 Å². The minimum atomic E-state index is -4.86. The topological polar surface area (TPSA) is 70.2 Å². The van der Waals surface area contributed by atoms with Crippen molar-refractivity contribution in [3.05, 3.63) is 111 Å². The molecule has 0 fully saturated rings. The summed E-state index contributed by atoms with van der Waals surface area (Å²) in [5.41, 5.74) is 1.52. The van der Waals surface area contributed by atoms with Gasteiger partial charge < -0.3 is 4.98 Å². The smallest absolute Gasteiger partial charge is 0.322 e. The largest absolute Gasteiger partial charge is 0.417 e. The summed E-state index contributed by atoms with van der Waals surface area (Å²) in [5.74, 6) is 0. The Morgan fingerprint density at radius 2 is 1.49 bits per heavy atom. The lowest BCUT2D eigenvalue weighted by Crippen LogP contribution is -2.33. The van der Waals surface area contributed by atoms with Crippen molar-refractivity contribution in [2.24, 2.45) is 0 Å². The summed E-state index contributed by atoms with van der Waals surface area (Å²) in [6.45, 7) is 3.22. The molecule has 0 bridgehead atoms. The first kappa shape index (κ1) is 24.7. The number of halogens is 3. The molecular weight excluding hydrogens is 477 g/mol. The molecular formula is C26H23F3N2O3S. The number of fused-ring (bicyclic) bond motifs is 1. The van der Waals surface area contributed by atoms with Gasteiger partial charge in [0, 0.05) is 24.2 Å². The summed E-state index contributed by atoms with van der Waals surface area (Å²) in [6, 6.07) is 17.9. The summed E-state index contributed by atoms with van der Waals surface area (Å²) in [7, 11) is -4.64. The second kappa shape index (κ2) is 9.31. The van der Waals surface area contributed by atoms with Crippen LogP contribution in [0.5, 0.6) is 0 Å². The van der Waals surface area contributed by atoms with Gasteiger partial charge in [0.25, 0.3) is 5.56 Å². The summed E-state index contributed by atoms with van der Waals surface area (Å²) >= 11 is 0. The maximum Gasteiger partial charge on any atom is 0.417 e. The number of pyridine rings is 1.